The molecular formula is C13H17F3N2O2. The van der Waals surface area contributed by atoms with Crippen molar-refractivity contribution in [1.29, 1.82) is 0 Å². The molecular weight excluding hydrogens is 273 g/mol. The van der Waals surface area contributed by atoms with Gasteiger partial charge in [-0.25, -0.2) is 4.98 Å². The minimum atomic E-state index is -4.45. The largest absolute Gasteiger partial charge is 0.460 e. The third kappa shape index (κ3) is 3.32. The van der Waals surface area contributed by atoms with Crippen molar-refractivity contribution >= 4 is 5.97 Å². The molecule has 7 heteroatoms. The highest BCUT2D eigenvalue weighted by atomic mass is 19.4. The molecule has 0 amide bonds. The smallest absolute Gasteiger partial charge is 0.432 e. The summed E-state index contributed by atoms with van der Waals surface area (Å²) in [7, 11) is 0. The molecule has 2 rings (SSSR count). The van der Waals surface area contributed by atoms with Crippen molar-refractivity contribution in [2.24, 2.45) is 0 Å². The van der Waals surface area contributed by atoms with Gasteiger partial charge in [0.2, 0.25) is 0 Å². The van der Waals surface area contributed by atoms with Crippen LogP contribution < -0.4 is 0 Å². The average Bonchev–Trinajstić information content (AvgIpc) is 2.82. The van der Waals surface area contributed by atoms with E-state index < -0.39 is 28.9 Å². The second kappa shape index (κ2) is 4.49. The van der Waals surface area contributed by atoms with Gasteiger partial charge in [0.25, 0.3) is 0 Å². The molecule has 1 fully saturated rings. The summed E-state index contributed by atoms with van der Waals surface area (Å²) in [5.41, 5.74) is -2.11. The minimum absolute atomic E-state index is 0.0507. The first-order chi connectivity index (χ1) is 9.02. The van der Waals surface area contributed by atoms with Crippen LogP contribution in [0, 0.1) is 0 Å². The van der Waals surface area contributed by atoms with E-state index in [2.05, 4.69) is 9.97 Å². The van der Waals surface area contributed by atoms with Crippen LogP contribution in [0.25, 0.3) is 0 Å². The van der Waals surface area contributed by atoms with Gasteiger partial charge in [-0.3, -0.25) is 4.79 Å². The van der Waals surface area contributed by atoms with Gasteiger partial charge in [0.15, 0.2) is 0 Å². The summed E-state index contributed by atoms with van der Waals surface area (Å²) < 4.78 is 42.8. The Bertz CT molecular complexity index is 510. The van der Waals surface area contributed by atoms with Crippen molar-refractivity contribution in [3.8, 4) is 0 Å². The van der Waals surface area contributed by atoms with Crippen molar-refractivity contribution in [2.45, 2.75) is 57.2 Å². The molecule has 0 aliphatic heterocycles. The van der Waals surface area contributed by atoms with Crippen LogP contribution in [-0.4, -0.2) is 21.5 Å². The van der Waals surface area contributed by atoms with Crippen LogP contribution in [0.2, 0.25) is 0 Å². The molecule has 1 aliphatic carbocycles. The number of hydrogen-bond acceptors (Lipinski definition) is 3. The summed E-state index contributed by atoms with van der Waals surface area (Å²) in [6.07, 6.45) is -2.36. The predicted molar refractivity (Wildman–Crippen MR) is 65.0 cm³/mol. The first kappa shape index (κ1) is 14.9. The number of aromatic amines is 1. The van der Waals surface area contributed by atoms with Gasteiger partial charge in [0, 0.05) is 5.41 Å². The maximum absolute atomic E-state index is 12.5. The fraction of sp³-hybridized carbons (Fsp3) is 0.692. The van der Waals surface area contributed by atoms with Gasteiger partial charge in [-0.2, -0.15) is 13.2 Å². The highest BCUT2D eigenvalue weighted by molar-refractivity contribution is 5.72. The molecule has 0 radical (unpaired) electrons. The second-order valence-corrected chi connectivity index (χ2v) is 6.19. The Morgan fingerprint density at radius 2 is 2.00 bits per heavy atom. The topological polar surface area (TPSA) is 55.0 Å². The molecule has 1 aromatic heterocycles. The van der Waals surface area contributed by atoms with Crippen LogP contribution in [0.1, 0.15) is 51.6 Å². The molecule has 0 bridgehead atoms. The lowest BCUT2D eigenvalue weighted by Crippen LogP contribution is -2.27. The summed E-state index contributed by atoms with van der Waals surface area (Å²) in [6.45, 7) is 5.25. The van der Waals surface area contributed by atoms with Crippen LogP contribution in [-0.2, 0) is 21.1 Å². The lowest BCUT2D eigenvalue weighted by molar-refractivity contribution is -0.155. The summed E-state index contributed by atoms with van der Waals surface area (Å²) in [5, 5.41) is 0. The van der Waals surface area contributed by atoms with E-state index in [1.54, 1.807) is 20.8 Å². The number of carbonyl (C=O) groups excluding carboxylic acids is 1. The van der Waals surface area contributed by atoms with Crippen LogP contribution >= 0.6 is 0 Å². The molecule has 0 saturated heterocycles. The number of nitrogens with one attached hydrogen (secondary N) is 1. The summed E-state index contributed by atoms with van der Waals surface area (Å²) in [6, 6.07) is 0. The monoisotopic (exact) mass is 290 g/mol. The first-order valence-corrected chi connectivity index (χ1v) is 6.36. The number of H-pyrrole nitrogens is 1. The quantitative estimate of drug-likeness (QED) is 0.870. The van der Waals surface area contributed by atoms with Gasteiger partial charge in [0.1, 0.15) is 17.1 Å². The van der Waals surface area contributed by atoms with Crippen LogP contribution in [0.5, 0.6) is 0 Å². The summed E-state index contributed by atoms with van der Waals surface area (Å²) >= 11 is 0. The standard InChI is InChI=1S/C13H17F3N2O2/c1-11(2,3)20-9(19)6-12(4-5-12)10-17-7-8(18-10)13(14,15)16/h7H,4-6H2,1-3H3,(H,17,18). The maximum atomic E-state index is 12.5. The van der Waals surface area contributed by atoms with E-state index in [1.165, 1.54) is 0 Å². The van der Waals surface area contributed by atoms with Gasteiger partial charge in [-0.15, -0.1) is 0 Å². The molecule has 20 heavy (non-hydrogen) atoms. The number of aromatic nitrogens is 2. The number of alkyl halides is 3. The number of halogens is 3. The zero-order chi connectivity index (χ0) is 15.2. The highest BCUT2D eigenvalue weighted by Crippen LogP contribution is 2.50. The Morgan fingerprint density at radius 3 is 2.40 bits per heavy atom. The zero-order valence-electron chi connectivity index (χ0n) is 11.6. The molecule has 1 aromatic rings. The lowest BCUT2D eigenvalue weighted by Gasteiger charge is -2.21. The van der Waals surface area contributed by atoms with E-state index in [0.717, 1.165) is 6.20 Å². The normalized spacial score (nSPS) is 17.9. The van der Waals surface area contributed by atoms with Crippen molar-refractivity contribution in [2.75, 3.05) is 0 Å². The fourth-order valence-corrected chi connectivity index (χ4v) is 2.04. The van der Waals surface area contributed by atoms with E-state index in [1.807, 2.05) is 0 Å². The van der Waals surface area contributed by atoms with Gasteiger partial charge >= 0.3 is 12.1 Å². The maximum Gasteiger partial charge on any atom is 0.432 e. The summed E-state index contributed by atoms with van der Waals surface area (Å²) in [4.78, 5) is 17.9. The molecule has 1 aliphatic rings. The minimum Gasteiger partial charge on any atom is -0.460 e. The summed E-state index contributed by atoms with van der Waals surface area (Å²) in [5.74, 6) is -0.198. The molecule has 0 spiro atoms. The second-order valence-electron chi connectivity index (χ2n) is 6.19. The van der Waals surface area contributed by atoms with E-state index in [9.17, 15) is 18.0 Å². The van der Waals surface area contributed by atoms with E-state index in [0.29, 0.717) is 12.8 Å². The van der Waals surface area contributed by atoms with E-state index >= 15 is 0 Å². The number of carbonyl (C=O) groups is 1. The average molecular weight is 290 g/mol. The Labute approximate surface area is 114 Å². The number of nitrogens with zero attached hydrogens (tertiary/aromatic N) is 1. The molecule has 0 aromatic carbocycles. The third-order valence-corrected chi connectivity index (χ3v) is 3.14. The van der Waals surface area contributed by atoms with Crippen LogP contribution in [0.15, 0.2) is 6.20 Å². The van der Waals surface area contributed by atoms with E-state index in [-0.39, 0.29) is 12.2 Å². The van der Waals surface area contributed by atoms with Gasteiger partial charge in [-0.05, 0) is 33.6 Å². The van der Waals surface area contributed by atoms with Gasteiger partial charge in [-0.1, -0.05) is 0 Å². The Morgan fingerprint density at radius 1 is 1.40 bits per heavy atom. The molecule has 4 nitrogen and oxygen atoms in total. The van der Waals surface area contributed by atoms with E-state index in [4.69, 9.17) is 4.74 Å². The lowest BCUT2D eigenvalue weighted by atomic mass is 10.0. The molecule has 1 N–H and O–H groups in total. The molecule has 1 heterocycles. The Hall–Kier alpha value is -1.53. The van der Waals surface area contributed by atoms with Crippen molar-refractivity contribution in [3.05, 3.63) is 17.7 Å². The number of rotatable bonds is 3. The predicted octanol–water partition coefficient (Wildman–Crippen LogP) is 3.19. The fourth-order valence-electron chi connectivity index (χ4n) is 2.04. The van der Waals surface area contributed by atoms with Crippen LogP contribution in [0.3, 0.4) is 0 Å². The Kier molecular flexibility index (Phi) is 3.34. The molecule has 112 valence electrons. The van der Waals surface area contributed by atoms with Crippen molar-refractivity contribution in [1.82, 2.24) is 9.97 Å². The number of esters is 1. The molecule has 1 saturated carbocycles. The third-order valence-electron chi connectivity index (χ3n) is 3.14. The van der Waals surface area contributed by atoms with Crippen LogP contribution in [0.4, 0.5) is 13.2 Å². The SMILES string of the molecule is CC(C)(C)OC(=O)CC1(c2ncc(C(F)(F)F)[nH]2)CC1. The van der Waals surface area contributed by atoms with Crippen molar-refractivity contribution < 1.29 is 22.7 Å². The van der Waals surface area contributed by atoms with Gasteiger partial charge < -0.3 is 9.72 Å². The number of ether oxygens (including phenoxy) is 1. The highest BCUT2D eigenvalue weighted by Gasteiger charge is 2.50. The van der Waals surface area contributed by atoms with Crippen molar-refractivity contribution in [3.63, 3.8) is 0 Å². The Balaban J connectivity index is 2.08. The number of imidazole rings is 1. The first-order valence-electron chi connectivity index (χ1n) is 6.36. The number of hydrogen-bond donors (Lipinski definition) is 1. The van der Waals surface area contributed by atoms with Gasteiger partial charge in [0.05, 0.1) is 12.6 Å². The molecule has 0 atom stereocenters. The zero-order valence-corrected chi connectivity index (χ0v) is 11.6. The molecule has 0 unspecified atom stereocenters.